The third-order valence-corrected chi connectivity index (χ3v) is 4.18. The molecule has 0 amide bonds. The van der Waals surface area contributed by atoms with Gasteiger partial charge in [-0.2, -0.15) is 0 Å². The van der Waals surface area contributed by atoms with Gasteiger partial charge in [-0.3, -0.25) is 0 Å². The van der Waals surface area contributed by atoms with Crippen LogP contribution < -0.4 is 5.32 Å². The maximum absolute atomic E-state index is 6.00. The van der Waals surface area contributed by atoms with Crippen molar-refractivity contribution in [2.75, 3.05) is 6.54 Å². The SMILES string of the molecule is CCCNC(CC)c1nnc(-c2cccc(Cl)c2)s1. The number of nitrogens with zero attached hydrogens (tertiary/aromatic N) is 2. The van der Waals surface area contributed by atoms with Crippen molar-refractivity contribution in [3.05, 3.63) is 34.3 Å². The van der Waals surface area contributed by atoms with E-state index >= 15 is 0 Å². The van der Waals surface area contributed by atoms with Crippen molar-refractivity contribution in [1.82, 2.24) is 15.5 Å². The molecule has 0 saturated carbocycles. The zero-order valence-corrected chi connectivity index (χ0v) is 12.8. The Bertz CT molecular complexity index is 527. The van der Waals surface area contributed by atoms with Gasteiger partial charge in [0.05, 0.1) is 6.04 Å². The van der Waals surface area contributed by atoms with Crippen molar-refractivity contribution < 1.29 is 0 Å². The third-order valence-electron chi connectivity index (χ3n) is 2.86. The molecule has 1 aromatic carbocycles. The van der Waals surface area contributed by atoms with Crippen LogP contribution in [0.2, 0.25) is 5.02 Å². The number of aromatic nitrogens is 2. The van der Waals surface area contributed by atoms with Crippen LogP contribution in [0.3, 0.4) is 0 Å². The Morgan fingerprint density at radius 2 is 2.16 bits per heavy atom. The Balaban J connectivity index is 2.18. The van der Waals surface area contributed by atoms with Gasteiger partial charge >= 0.3 is 0 Å². The lowest BCUT2D eigenvalue weighted by atomic mass is 10.2. The molecule has 102 valence electrons. The van der Waals surface area contributed by atoms with Crippen molar-refractivity contribution in [3.63, 3.8) is 0 Å². The summed E-state index contributed by atoms with van der Waals surface area (Å²) < 4.78 is 0. The first-order valence-corrected chi connectivity index (χ1v) is 7.76. The Labute approximate surface area is 123 Å². The molecule has 0 radical (unpaired) electrons. The Morgan fingerprint density at radius 3 is 2.84 bits per heavy atom. The molecule has 1 N–H and O–H groups in total. The van der Waals surface area contributed by atoms with Gasteiger partial charge in [0, 0.05) is 10.6 Å². The van der Waals surface area contributed by atoms with E-state index in [9.17, 15) is 0 Å². The van der Waals surface area contributed by atoms with E-state index in [1.54, 1.807) is 11.3 Å². The number of nitrogens with one attached hydrogen (secondary N) is 1. The van der Waals surface area contributed by atoms with Gasteiger partial charge in [-0.1, -0.05) is 48.9 Å². The van der Waals surface area contributed by atoms with E-state index in [1.165, 1.54) is 0 Å². The summed E-state index contributed by atoms with van der Waals surface area (Å²) in [4.78, 5) is 0. The van der Waals surface area contributed by atoms with Gasteiger partial charge in [0.2, 0.25) is 0 Å². The minimum absolute atomic E-state index is 0.297. The van der Waals surface area contributed by atoms with Gasteiger partial charge in [0.15, 0.2) is 0 Å². The first-order chi connectivity index (χ1) is 9.24. The van der Waals surface area contributed by atoms with Crippen molar-refractivity contribution in [2.24, 2.45) is 0 Å². The minimum atomic E-state index is 0.297. The molecule has 0 aliphatic carbocycles. The second-order valence-electron chi connectivity index (χ2n) is 4.37. The molecule has 1 unspecified atom stereocenters. The first-order valence-electron chi connectivity index (χ1n) is 6.57. The molecule has 0 bridgehead atoms. The van der Waals surface area contributed by atoms with Crippen LogP contribution in [0.5, 0.6) is 0 Å². The lowest BCUT2D eigenvalue weighted by Gasteiger charge is -2.12. The Morgan fingerprint density at radius 1 is 1.32 bits per heavy atom. The van der Waals surface area contributed by atoms with Crippen LogP contribution in [-0.2, 0) is 0 Å². The lowest BCUT2D eigenvalue weighted by Crippen LogP contribution is -2.21. The van der Waals surface area contributed by atoms with Crippen LogP contribution >= 0.6 is 22.9 Å². The highest BCUT2D eigenvalue weighted by atomic mass is 35.5. The highest BCUT2D eigenvalue weighted by Crippen LogP contribution is 2.29. The number of benzene rings is 1. The largest absolute Gasteiger partial charge is 0.308 e. The van der Waals surface area contributed by atoms with Crippen LogP contribution in [-0.4, -0.2) is 16.7 Å². The fourth-order valence-electron chi connectivity index (χ4n) is 1.84. The van der Waals surface area contributed by atoms with Crippen LogP contribution in [0.25, 0.3) is 10.6 Å². The van der Waals surface area contributed by atoms with E-state index in [1.807, 2.05) is 24.3 Å². The summed E-state index contributed by atoms with van der Waals surface area (Å²) in [5.41, 5.74) is 1.03. The summed E-state index contributed by atoms with van der Waals surface area (Å²) >= 11 is 7.64. The molecule has 19 heavy (non-hydrogen) atoms. The summed E-state index contributed by atoms with van der Waals surface area (Å²) in [6.45, 7) is 5.33. The molecule has 0 saturated heterocycles. The Kier molecular flexibility index (Phi) is 5.31. The fourth-order valence-corrected chi connectivity index (χ4v) is 3.03. The van der Waals surface area contributed by atoms with E-state index in [0.717, 1.165) is 40.0 Å². The van der Waals surface area contributed by atoms with Gasteiger partial charge < -0.3 is 5.32 Å². The maximum atomic E-state index is 6.00. The third kappa shape index (κ3) is 3.75. The molecule has 0 aliphatic heterocycles. The molecule has 1 atom stereocenters. The molecule has 2 aromatic rings. The highest BCUT2D eigenvalue weighted by molar-refractivity contribution is 7.14. The average Bonchev–Trinajstić information content (AvgIpc) is 2.89. The topological polar surface area (TPSA) is 37.8 Å². The van der Waals surface area contributed by atoms with E-state index < -0.39 is 0 Å². The minimum Gasteiger partial charge on any atom is -0.308 e. The molecule has 1 aromatic heterocycles. The number of rotatable bonds is 6. The molecule has 0 spiro atoms. The van der Waals surface area contributed by atoms with E-state index in [-0.39, 0.29) is 0 Å². The first kappa shape index (κ1) is 14.4. The molecule has 0 fully saturated rings. The number of halogens is 1. The smallest absolute Gasteiger partial charge is 0.147 e. The summed E-state index contributed by atoms with van der Waals surface area (Å²) in [6, 6.07) is 8.03. The molecule has 1 heterocycles. The predicted molar refractivity (Wildman–Crippen MR) is 81.7 cm³/mol. The number of hydrogen-bond donors (Lipinski definition) is 1. The second kappa shape index (κ2) is 6.98. The van der Waals surface area contributed by atoms with Gasteiger partial charge in [-0.15, -0.1) is 10.2 Å². The zero-order valence-electron chi connectivity index (χ0n) is 11.2. The monoisotopic (exact) mass is 295 g/mol. The van der Waals surface area contributed by atoms with Crippen molar-refractivity contribution in [2.45, 2.75) is 32.7 Å². The van der Waals surface area contributed by atoms with E-state index in [2.05, 4.69) is 29.4 Å². The summed E-state index contributed by atoms with van der Waals surface area (Å²) in [7, 11) is 0. The molecule has 5 heteroatoms. The van der Waals surface area contributed by atoms with E-state index in [0.29, 0.717) is 6.04 Å². The van der Waals surface area contributed by atoms with Crippen molar-refractivity contribution in [1.29, 1.82) is 0 Å². The molecule has 0 aliphatic rings. The Hall–Kier alpha value is -0.970. The summed E-state index contributed by atoms with van der Waals surface area (Å²) in [5.74, 6) is 0. The zero-order chi connectivity index (χ0) is 13.7. The van der Waals surface area contributed by atoms with Gasteiger partial charge in [-0.25, -0.2) is 0 Å². The standard InChI is InChI=1S/C14H18ClN3S/c1-3-8-16-12(4-2)14-18-17-13(19-14)10-6-5-7-11(15)9-10/h5-7,9,12,16H,3-4,8H2,1-2H3. The van der Waals surface area contributed by atoms with Gasteiger partial charge in [-0.05, 0) is 31.5 Å². The maximum Gasteiger partial charge on any atom is 0.147 e. The molecular formula is C14H18ClN3S. The van der Waals surface area contributed by atoms with Gasteiger partial charge in [0.25, 0.3) is 0 Å². The lowest BCUT2D eigenvalue weighted by molar-refractivity contribution is 0.513. The summed E-state index contributed by atoms with van der Waals surface area (Å²) in [5, 5.41) is 14.8. The van der Waals surface area contributed by atoms with Crippen molar-refractivity contribution >= 4 is 22.9 Å². The normalized spacial score (nSPS) is 12.6. The second-order valence-corrected chi connectivity index (χ2v) is 5.82. The molecule has 3 nitrogen and oxygen atoms in total. The highest BCUT2D eigenvalue weighted by Gasteiger charge is 2.15. The number of hydrogen-bond acceptors (Lipinski definition) is 4. The van der Waals surface area contributed by atoms with Crippen LogP contribution in [0.15, 0.2) is 24.3 Å². The van der Waals surface area contributed by atoms with Gasteiger partial charge in [0.1, 0.15) is 10.0 Å². The van der Waals surface area contributed by atoms with Crippen LogP contribution in [0.4, 0.5) is 0 Å². The predicted octanol–water partition coefficient (Wildman–Crippen LogP) is 4.31. The van der Waals surface area contributed by atoms with Crippen molar-refractivity contribution in [3.8, 4) is 10.6 Å². The fraction of sp³-hybridized carbons (Fsp3) is 0.429. The molecular weight excluding hydrogens is 278 g/mol. The average molecular weight is 296 g/mol. The quantitative estimate of drug-likeness (QED) is 0.863. The van der Waals surface area contributed by atoms with Crippen LogP contribution in [0.1, 0.15) is 37.7 Å². The summed E-state index contributed by atoms with van der Waals surface area (Å²) in [6.07, 6.45) is 2.14. The van der Waals surface area contributed by atoms with E-state index in [4.69, 9.17) is 11.6 Å². The molecule has 2 rings (SSSR count). The van der Waals surface area contributed by atoms with Crippen LogP contribution in [0, 0.1) is 0 Å².